The number of benzene rings is 2. The number of nitrogens with zero attached hydrogens (tertiary/aromatic N) is 1. The van der Waals surface area contributed by atoms with Gasteiger partial charge >= 0.3 is 12.0 Å². The van der Waals surface area contributed by atoms with Crippen molar-refractivity contribution in [3.05, 3.63) is 64.9 Å². The summed E-state index contributed by atoms with van der Waals surface area (Å²) in [4.78, 5) is 39.3. The molecular weight excluding hydrogens is 438 g/mol. The summed E-state index contributed by atoms with van der Waals surface area (Å²) < 4.78 is 16.1. The van der Waals surface area contributed by atoms with Gasteiger partial charge in [0, 0.05) is 24.0 Å². The molecule has 1 atom stereocenters. The molecule has 0 fully saturated rings. The fourth-order valence-corrected chi connectivity index (χ4v) is 3.67. The Morgan fingerprint density at radius 2 is 1.85 bits per heavy atom. The van der Waals surface area contributed by atoms with E-state index in [2.05, 4.69) is 10.6 Å². The molecule has 9 heteroatoms. The number of anilines is 1. The second kappa shape index (κ2) is 9.46. The first kappa shape index (κ1) is 23.2. The molecule has 34 heavy (non-hydrogen) atoms. The first-order valence-electron chi connectivity index (χ1n) is 11.0. The monoisotopic (exact) mass is 465 g/mol. The number of amides is 3. The minimum atomic E-state index is -0.665. The Kier molecular flexibility index (Phi) is 6.45. The van der Waals surface area contributed by atoms with Crippen molar-refractivity contribution in [1.82, 2.24) is 10.2 Å². The summed E-state index contributed by atoms with van der Waals surface area (Å²) in [5.41, 5.74) is 2.60. The van der Waals surface area contributed by atoms with E-state index in [-0.39, 0.29) is 31.3 Å². The maximum Gasteiger partial charge on any atom is 0.338 e. The molecule has 178 valence electrons. The predicted molar refractivity (Wildman–Crippen MR) is 124 cm³/mol. The Balaban J connectivity index is 1.52. The number of hydrogen-bond donors (Lipinski definition) is 2. The van der Waals surface area contributed by atoms with E-state index in [1.165, 1.54) is 4.90 Å². The first-order chi connectivity index (χ1) is 16.2. The van der Waals surface area contributed by atoms with Gasteiger partial charge in [-0.2, -0.15) is 0 Å². The number of nitrogens with one attached hydrogen (secondary N) is 2. The highest BCUT2D eigenvalue weighted by molar-refractivity contribution is 6.04. The summed E-state index contributed by atoms with van der Waals surface area (Å²) in [7, 11) is 1.60. The molecule has 0 saturated heterocycles. The number of esters is 1. The third-order valence-corrected chi connectivity index (χ3v) is 5.66. The van der Waals surface area contributed by atoms with E-state index in [1.807, 2.05) is 13.8 Å². The maximum absolute atomic E-state index is 12.9. The van der Waals surface area contributed by atoms with Gasteiger partial charge in [-0.3, -0.25) is 4.79 Å². The summed E-state index contributed by atoms with van der Waals surface area (Å²) in [5, 5.41) is 5.69. The Morgan fingerprint density at radius 3 is 2.56 bits per heavy atom. The molecule has 4 rings (SSSR count). The molecule has 0 radical (unpaired) electrons. The molecule has 2 aliphatic rings. The number of carbonyl (C=O) groups excluding carboxylic acids is 3. The second-order valence-electron chi connectivity index (χ2n) is 8.58. The summed E-state index contributed by atoms with van der Waals surface area (Å²) >= 11 is 0. The van der Waals surface area contributed by atoms with Crippen LogP contribution in [0.1, 0.15) is 42.7 Å². The van der Waals surface area contributed by atoms with Gasteiger partial charge < -0.3 is 29.7 Å². The third-order valence-electron chi connectivity index (χ3n) is 5.66. The van der Waals surface area contributed by atoms with Crippen LogP contribution in [0.3, 0.4) is 0 Å². The van der Waals surface area contributed by atoms with Gasteiger partial charge in [-0.1, -0.05) is 26.0 Å². The standard InChI is InChI=1S/C25H27N3O6/c1-14(2)12-32-24(30)21-15(3)28(4)25(31)27-22(21)16-5-8-18(9-6-16)26-23(29)17-7-10-19-20(11-17)34-13-33-19/h5-11,14,22H,12-13H2,1-4H3,(H,26,29)(H,27,31). The van der Waals surface area contributed by atoms with Crippen LogP contribution in [0, 0.1) is 5.92 Å². The van der Waals surface area contributed by atoms with Crippen molar-refractivity contribution in [1.29, 1.82) is 0 Å². The lowest BCUT2D eigenvalue weighted by molar-refractivity contribution is -0.140. The van der Waals surface area contributed by atoms with Crippen LogP contribution in [0.2, 0.25) is 0 Å². The highest BCUT2D eigenvalue weighted by Crippen LogP contribution is 2.33. The first-order valence-corrected chi connectivity index (χ1v) is 11.0. The van der Waals surface area contributed by atoms with Crippen LogP contribution >= 0.6 is 0 Å². The average molecular weight is 466 g/mol. The summed E-state index contributed by atoms with van der Waals surface area (Å²) in [6.07, 6.45) is 0. The lowest BCUT2D eigenvalue weighted by Gasteiger charge is -2.33. The number of ether oxygens (including phenoxy) is 3. The molecule has 2 N–H and O–H groups in total. The molecule has 0 aromatic heterocycles. The molecule has 0 aliphatic carbocycles. The van der Waals surface area contributed by atoms with Crippen molar-refractivity contribution < 1.29 is 28.6 Å². The lowest BCUT2D eigenvalue weighted by atomic mass is 9.95. The Hall–Kier alpha value is -4.01. The predicted octanol–water partition coefficient (Wildman–Crippen LogP) is 3.84. The number of allylic oxidation sites excluding steroid dienone is 1. The number of rotatable bonds is 6. The van der Waals surface area contributed by atoms with Crippen molar-refractivity contribution in [2.45, 2.75) is 26.8 Å². The number of hydrogen-bond acceptors (Lipinski definition) is 6. The largest absolute Gasteiger partial charge is 0.462 e. The molecule has 2 aromatic carbocycles. The normalized spacial score (nSPS) is 17.0. The molecule has 0 spiro atoms. The molecule has 1 unspecified atom stereocenters. The van der Waals surface area contributed by atoms with E-state index in [0.717, 1.165) is 0 Å². The second-order valence-corrected chi connectivity index (χ2v) is 8.58. The molecule has 0 saturated carbocycles. The molecular formula is C25H27N3O6. The molecule has 2 heterocycles. The van der Waals surface area contributed by atoms with Crippen molar-refractivity contribution >= 4 is 23.6 Å². The van der Waals surface area contributed by atoms with E-state index in [4.69, 9.17) is 14.2 Å². The summed E-state index contributed by atoms with van der Waals surface area (Å²) in [6, 6.07) is 11.0. The fourth-order valence-electron chi connectivity index (χ4n) is 3.67. The lowest BCUT2D eigenvalue weighted by Crippen LogP contribution is -2.46. The Labute approximate surface area is 197 Å². The zero-order valence-electron chi connectivity index (χ0n) is 19.5. The van der Waals surface area contributed by atoms with Crippen LogP contribution < -0.4 is 20.1 Å². The molecule has 3 amide bonds. The van der Waals surface area contributed by atoms with Gasteiger partial charge in [0.25, 0.3) is 5.91 Å². The fraction of sp³-hybridized carbons (Fsp3) is 0.320. The highest BCUT2D eigenvalue weighted by atomic mass is 16.7. The minimum absolute atomic E-state index is 0.135. The van der Waals surface area contributed by atoms with Crippen molar-refractivity contribution in [3.63, 3.8) is 0 Å². The van der Waals surface area contributed by atoms with E-state index in [9.17, 15) is 14.4 Å². The van der Waals surface area contributed by atoms with Gasteiger partial charge in [0.2, 0.25) is 6.79 Å². The smallest absolute Gasteiger partial charge is 0.338 e. The quantitative estimate of drug-likeness (QED) is 0.628. The van der Waals surface area contributed by atoms with Gasteiger partial charge in [-0.05, 0) is 48.7 Å². The van der Waals surface area contributed by atoms with Crippen LogP contribution in [0.5, 0.6) is 11.5 Å². The topological polar surface area (TPSA) is 106 Å². The maximum atomic E-state index is 12.9. The molecule has 2 aliphatic heterocycles. The Morgan fingerprint density at radius 1 is 1.15 bits per heavy atom. The SMILES string of the molecule is CC1=C(C(=O)OCC(C)C)C(c2ccc(NC(=O)c3ccc4c(c3)OCO4)cc2)NC(=O)N1C. The Bertz CT molecular complexity index is 1160. The molecule has 2 aromatic rings. The number of urea groups is 1. The van der Waals surface area contributed by atoms with Gasteiger partial charge in [0.15, 0.2) is 11.5 Å². The highest BCUT2D eigenvalue weighted by Gasteiger charge is 2.35. The minimum Gasteiger partial charge on any atom is -0.462 e. The van der Waals surface area contributed by atoms with Gasteiger partial charge in [-0.25, -0.2) is 9.59 Å². The summed E-state index contributed by atoms with van der Waals surface area (Å²) in [5.74, 6) is 0.551. The van der Waals surface area contributed by atoms with Crippen LogP contribution in [-0.4, -0.2) is 43.3 Å². The van der Waals surface area contributed by atoms with E-state index >= 15 is 0 Å². The van der Waals surface area contributed by atoms with Crippen LogP contribution in [0.25, 0.3) is 0 Å². The van der Waals surface area contributed by atoms with Gasteiger partial charge in [-0.15, -0.1) is 0 Å². The summed E-state index contributed by atoms with van der Waals surface area (Å²) in [6.45, 7) is 6.05. The third kappa shape index (κ3) is 4.68. The van der Waals surface area contributed by atoms with Crippen LogP contribution in [0.4, 0.5) is 10.5 Å². The number of carbonyl (C=O) groups is 3. The number of fused-ring (bicyclic) bond motifs is 1. The van der Waals surface area contributed by atoms with Crippen LogP contribution in [0.15, 0.2) is 53.7 Å². The zero-order valence-corrected chi connectivity index (χ0v) is 19.5. The average Bonchev–Trinajstić information content (AvgIpc) is 3.29. The van der Waals surface area contributed by atoms with Gasteiger partial charge in [0.1, 0.15) is 0 Å². The van der Waals surface area contributed by atoms with E-state index in [1.54, 1.807) is 56.4 Å². The zero-order chi connectivity index (χ0) is 24.4. The van der Waals surface area contributed by atoms with Crippen molar-refractivity contribution in [2.75, 3.05) is 25.8 Å². The van der Waals surface area contributed by atoms with Crippen molar-refractivity contribution in [2.24, 2.45) is 5.92 Å². The molecule has 9 nitrogen and oxygen atoms in total. The van der Waals surface area contributed by atoms with Crippen LogP contribution in [-0.2, 0) is 9.53 Å². The van der Waals surface area contributed by atoms with Gasteiger partial charge in [0.05, 0.1) is 18.2 Å². The van der Waals surface area contributed by atoms with E-state index < -0.39 is 12.0 Å². The van der Waals surface area contributed by atoms with Crippen molar-refractivity contribution in [3.8, 4) is 11.5 Å². The van der Waals surface area contributed by atoms with E-state index in [0.29, 0.717) is 39.6 Å². The molecule has 0 bridgehead atoms.